The minimum atomic E-state index is -3.72. The number of nitro groups is 1. The van der Waals surface area contributed by atoms with Crippen LogP contribution in [0.5, 0.6) is 0 Å². The third kappa shape index (κ3) is 4.44. The van der Waals surface area contributed by atoms with Gasteiger partial charge in [-0.1, -0.05) is 6.07 Å². The predicted octanol–water partition coefficient (Wildman–Crippen LogP) is 2.87. The predicted molar refractivity (Wildman–Crippen MR) is 107 cm³/mol. The lowest BCUT2D eigenvalue weighted by Crippen LogP contribution is -2.40. The van der Waals surface area contributed by atoms with E-state index in [1.807, 2.05) is 0 Å². The van der Waals surface area contributed by atoms with E-state index in [1.165, 1.54) is 35.5 Å². The number of morpholine rings is 1. The van der Waals surface area contributed by atoms with E-state index in [4.69, 9.17) is 4.74 Å². The maximum atomic E-state index is 13.0. The highest BCUT2D eigenvalue weighted by Crippen LogP contribution is 2.31. The fourth-order valence-corrected chi connectivity index (χ4v) is 4.70. The van der Waals surface area contributed by atoms with Gasteiger partial charge in [-0.25, -0.2) is 8.42 Å². The number of sulfonamides is 1. The summed E-state index contributed by atoms with van der Waals surface area (Å²) in [6, 6.07) is 8.87. The summed E-state index contributed by atoms with van der Waals surface area (Å²) in [6.45, 7) is 4.25. The van der Waals surface area contributed by atoms with Gasteiger partial charge in [-0.3, -0.25) is 14.9 Å². The van der Waals surface area contributed by atoms with Crippen molar-refractivity contribution >= 4 is 32.9 Å². The van der Waals surface area contributed by atoms with E-state index >= 15 is 0 Å². The van der Waals surface area contributed by atoms with Gasteiger partial charge in [0.15, 0.2) is 5.78 Å². The molecule has 1 aliphatic heterocycles. The zero-order chi connectivity index (χ0) is 21.2. The van der Waals surface area contributed by atoms with E-state index in [2.05, 4.69) is 5.32 Å². The van der Waals surface area contributed by atoms with E-state index in [0.29, 0.717) is 24.5 Å². The minimum absolute atomic E-state index is 0.132. The molecule has 0 atom stereocenters. The molecule has 0 bridgehead atoms. The monoisotopic (exact) mass is 419 g/mol. The number of ketones is 1. The molecule has 10 heteroatoms. The van der Waals surface area contributed by atoms with Crippen LogP contribution in [0.2, 0.25) is 0 Å². The first-order chi connectivity index (χ1) is 13.7. The Morgan fingerprint density at radius 3 is 2.48 bits per heavy atom. The molecule has 1 heterocycles. The van der Waals surface area contributed by atoms with E-state index in [0.717, 1.165) is 0 Å². The minimum Gasteiger partial charge on any atom is -0.379 e. The molecule has 0 unspecified atom stereocenters. The van der Waals surface area contributed by atoms with Crippen LogP contribution in [-0.4, -0.2) is 49.7 Å². The number of nitrogens with one attached hydrogen (secondary N) is 1. The highest BCUT2D eigenvalue weighted by atomic mass is 32.2. The van der Waals surface area contributed by atoms with Crippen molar-refractivity contribution in [2.24, 2.45) is 0 Å². The Balaban J connectivity index is 1.97. The summed E-state index contributed by atoms with van der Waals surface area (Å²) in [5.41, 5.74) is 1.08. The maximum absolute atomic E-state index is 13.0. The molecule has 9 nitrogen and oxygen atoms in total. The molecule has 0 aromatic heterocycles. The topological polar surface area (TPSA) is 119 Å². The lowest BCUT2D eigenvalue weighted by Gasteiger charge is -2.27. The van der Waals surface area contributed by atoms with Gasteiger partial charge in [0.05, 0.1) is 23.0 Å². The standard InChI is InChI=1S/C19H21N3O6S/c1-13-3-5-16(12-19(13)29(26,27)21-7-9-28-10-8-21)20-17-6-4-15(14(2)23)11-18(17)22(24)25/h3-6,11-12,20H,7-10H2,1-2H3. The van der Waals surface area contributed by atoms with Crippen molar-refractivity contribution < 1.29 is 22.9 Å². The summed E-state index contributed by atoms with van der Waals surface area (Å²) >= 11 is 0. The first kappa shape index (κ1) is 20.9. The molecule has 154 valence electrons. The van der Waals surface area contributed by atoms with Crippen LogP contribution in [0.3, 0.4) is 0 Å². The zero-order valence-electron chi connectivity index (χ0n) is 16.0. The van der Waals surface area contributed by atoms with Gasteiger partial charge in [0.1, 0.15) is 5.69 Å². The zero-order valence-corrected chi connectivity index (χ0v) is 16.9. The summed E-state index contributed by atoms with van der Waals surface area (Å²) in [7, 11) is -3.72. The van der Waals surface area contributed by atoms with Crippen LogP contribution in [0.15, 0.2) is 41.3 Å². The number of hydrogen-bond donors (Lipinski definition) is 1. The van der Waals surface area contributed by atoms with Crippen LogP contribution in [0, 0.1) is 17.0 Å². The molecule has 1 fully saturated rings. The number of aryl methyl sites for hydroxylation is 1. The average molecular weight is 419 g/mol. The fourth-order valence-electron chi connectivity index (χ4n) is 3.04. The van der Waals surface area contributed by atoms with Crippen LogP contribution in [0.4, 0.5) is 17.1 Å². The van der Waals surface area contributed by atoms with Gasteiger partial charge < -0.3 is 10.1 Å². The Kier molecular flexibility index (Phi) is 5.96. The largest absolute Gasteiger partial charge is 0.379 e. The van der Waals surface area contributed by atoms with Crippen molar-refractivity contribution in [1.82, 2.24) is 4.31 Å². The first-order valence-electron chi connectivity index (χ1n) is 8.95. The van der Waals surface area contributed by atoms with Crippen molar-refractivity contribution in [3.63, 3.8) is 0 Å². The Bertz CT molecular complexity index is 1060. The number of benzene rings is 2. The van der Waals surface area contributed by atoms with Crippen LogP contribution in [0.1, 0.15) is 22.8 Å². The fraction of sp³-hybridized carbons (Fsp3) is 0.316. The number of ether oxygens (including phenoxy) is 1. The molecule has 2 aromatic rings. The molecule has 0 radical (unpaired) electrons. The third-order valence-electron chi connectivity index (χ3n) is 4.66. The molecular weight excluding hydrogens is 398 g/mol. The van der Waals surface area contributed by atoms with E-state index in [9.17, 15) is 23.3 Å². The van der Waals surface area contributed by atoms with Gasteiger partial charge in [0, 0.05) is 30.4 Å². The van der Waals surface area contributed by atoms with E-state index < -0.39 is 14.9 Å². The molecule has 1 saturated heterocycles. The SMILES string of the molecule is CC(=O)c1ccc(Nc2ccc(C)c(S(=O)(=O)N3CCOCC3)c2)c([N+](=O)[O-])c1. The van der Waals surface area contributed by atoms with E-state index in [1.54, 1.807) is 19.1 Å². The molecule has 29 heavy (non-hydrogen) atoms. The summed E-state index contributed by atoms with van der Waals surface area (Å²) in [5.74, 6) is -0.283. The highest BCUT2D eigenvalue weighted by Gasteiger charge is 2.28. The van der Waals surface area contributed by atoms with Gasteiger partial charge in [-0.05, 0) is 43.7 Å². The van der Waals surface area contributed by atoms with Crippen LogP contribution >= 0.6 is 0 Å². The number of carbonyl (C=O) groups is 1. The van der Waals surface area contributed by atoms with Gasteiger partial charge in [0.25, 0.3) is 5.69 Å². The maximum Gasteiger partial charge on any atom is 0.293 e. The Morgan fingerprint density at radius 1 is 1.17 bits per heavy atom. The normalized spacial score (nSPS) is 15.1. The van der Waals surface area contributed by atoms with Crippen molar-refractivity contribution in [2.45, 2.75) is 18.7 Å². The molecule has 1 aliphatic rings. The quantitative estimate of drug-likeness (QED) is 0.434. The molecule has 3 rings (SSSR count). The number of Topliss-reactive ketones (excluding diaryl/α,β-unsaturated/α-hetero) is 1. The van der Waals surface area contributed by atoms with Crippen LogP contribution in [-0.2, 0) is 14.8 Å². The Labute approximate surface area is 168 Å². The second-order valence-corrected chi connectivity index (χ2v) is 8.57. The second kappa shape index (κ2) is 8.27. The first-order valence-corrected chi connectivity index (χ1v) is 10.4. The molecule has 0 spiro atoms. The number of anilines is 2. The van der Waals surface area contributed by atoms with Gasteiger partial charge in [0.2, 0.25) is 10.0 Å². The average Bonchev–Trinajstić information content (AvgIpc) is 2.70. The van der Waals surface area contributed by atoms with Gasteiger partial charge in [-0.2, -0.15) is 4.31 Å². The van der Waals surface area contributed by atoms with Gasteiger partial charge >= 0.3 is 0 Å². The third-order valence-corrected chi connectivity index (χ3v) is 6.70. The van der Waals surface area contributed by atoms with Crippen molar-refractivity contribution in [3.8, 4) is 0 Å². The number of rotatable bonds is 6. The second-order valence-electron chi connectivity index (χ2n) is 6.67. The molecule has 0 saturated carbocycles. The number of nitrogens with zero attached hydrogens (tertiary/aromatic N) is 2. The lowest BCUT2D eigenvalue weighted by atomic mass is 10.1. The number of carbonyl (C=O) groups excluding carboxylic acids is 1. The van der Waals surface area contributed by atoms with E-state index in [-0.39, 0.29) is 40.7 Å². The molecule has 0 amide bonds. The molecule has 0 aliphatic carbocycles. The molecule has 2 aromatic carbocycles. The Morgan fingerprint density at radius 2 is 1.86 bits per heavy atom. The summed E-state index contributed by atoms with van der Waals surface area (Å²) in [5, 5.41) is 14.3. The van der Waals surface area contributed by atoms with Crippen LogP contribution < -0.4 is 5.32 Å². The highest BCUT2D eigenvalue weighted by molar-refractivity contribution is 7.89. The van der Waals surface area contributed by atoms with Crippen molar-refractivity contribution in [3.05, 3.63) is 57.6 Å². The van der Waals surface area contributed by atoms with Crippen molar-refractivity contribution in [1.29, 1.82) is 0 Å². The summed E-state index contributed by atoms with van der Waals surface area (Å²) in [4.78, 5) is 22.5. The van der Waals surface area contributed by atoms with Crippen molar-refractivity contribution in [2.75, 3.05) is 31.6 Å². The summed E-state index contributed by atoms with van der Waals surface area (Å²) < 4.78 is 32.6. The van der Waals surface area contributed by atoms with Crippen LogP contribution in [0.25, 0.3) is 0 Å². The smallest absolute Gasteiger partial charge is 0.293 e. The number of hydrogen-bond acceptors (Lipinski definition) is 7. The molecule has 1 N–H and O–H groups in total. The lowest BCUT2D eigenvalue weighted by molar-refractivity contribution is -0.383. The summed E-state index contributed by atoms with van der Waals surface area (Å²) in [6.07, 6.45) is 0. The van der Waals surface area contributed by atoms with Gasteiger partial charge in [-0.15, -0.1) is 0 Å². The molecular formula is C19H21N3O6S. The number of nitro benzene ring substituents is 1. The Hall–Kier alpha value is -2.82.